The van der Waals surface area contributed by atoms with Gasteiger partial charge in [-0.25, -0.2) is 0 Å². The smallest absolute Gasteiger partial charge is 0.0702 e. The highest BCUT2D eigenvalue weighted by atomic mass is 16.5. The summed E-state index contributed by atoms with van der Waals surface area (Å²) in [6.07, 6.45) is 8.80. The Labute approximate surface area is 171 Å². The molecule has 28 heavy (non-hydrogen) atoms. The number of nitrogens with zero attached hydrogens (tertiary/aromatic N) is 4. The maximum Gasteiger partial charge on any atom is 0.0702 e. The number of hydrogen-bond donors (Lipinski definition) is 0. The number of aromatic nitrogens is 2. The number of hydrogen-bond acceptors (Lipinski definition) is 5. The molecular formula is C22H40N4O2. The highest BCUT2D eigenvalue weighted by Crippen LogP contribution is 2.22. The average Bonchev–Trinajstić information content (AvgIpc) is 3.31. The van der Waals surface area contributed by atoms with Gasteiger partial charge in [0.2, 0.25) is 0 Å². The van der Waals surface area contributed by atoms with Crippen molar-refractivity contribution in [1.82, 2.24) is 19.6 Å². The molecule has 2 aliphatic rings. The van der Waals surface area contributed by atoms with Gasteiger partial charge in [-0.2, -0.15) is 5.10 Å². The van der Waals surface area contributed by atoms with Crippen molar-refractivity contribution in [2.45, 2.75) is 65.1 Å². The minimum absolute atomic E-state index is 0.410. The van der Waals surface area contributed by atoms with Gasteiger partial charge in [0, 0.05) is 58.2 Å². The molecule has 3 heterocycles. The van der Waals surface area contributed by atoms with Crippen molar-refractivity contribution < 1.29 is 9.47 Å². The molecule has 0 spiro atoms. The zero-order chi connectivity index (χ0) is 19.8. The Kier molecular flexibility index (Phi) is 8.77. The van der Waals surface area contributed by atoms with Gasteiger partial charge in [0.25, 0.3) is 0 Å². The first kappa shape index (κ1) is 21.8. The predicted molar refractivity (Wildman–Crippen MR) is 113 cm³/mol. The van der Waals surface area contributed by atoms with E-state index < -0.39 is 0 Å². The lowest BCUT2D eigenvalue weighted by atomic mass is 9.95. The third-order valence-electron chi connectivity index (χ3n) is 6.22. The summed E-state index contributed by atoms with van der Waals surface area (Å²) in [5.74, 6) is 0.784. The van der Waals surface area contributed by atoms with Crippen LogP contribution in [0.1, 0.15) is 50.3 Å². The summed E-state index contributed by atoms with van der Waals surface area (Å²) < 4.78 is 13.3. The number of rotatable bonds is 11. The van der Waals surface area contributed by atoms with E-state index in [9.17, 15) is 0 Å². The molecule has 6 nitrogen and oxygen atoms in total. The Hall–Kier alpha value is -0.950. The largest absolute Gasteiger partial charge is 0.383 e. The van der Waals surface area contributed by atoms with Crippen molar-refractivity contribution in [3.63, 3.8) is 0 Å². The minimum atomic E-state index is 0.410. The second kappa shape index (κ2) is 11.3. The van der Waals surface area contributed by atoms with Crippen LogP contribution in [0.25, 0.3) is 0 Å². The van der Waals surface area contributed by atoms with Gasteiger partial charge in [0.1, 0.15) is 0 Å². The monoisotopic (exact) mass is 392 g/mol. The van der Waals surface area contributed by atoms with Crippen molar-refractivity contribution in [3.05, 3.63) is 17.5 Å². The van der Waals surface area contributed by atoms with E-state index in [1.807, 2.05) is 0 Å². The number of likely N-dealkylation sites (tertiary alicyclic amines) is 1. The highest BCUT2D eigenvalue weighted by molar-refractivity contribution is 5.15. The van der Waals surface area contributed by atoms with Crippen LogP contribution in [0, 0.1) is 12.8 Å². The molecule has 0 amide bonds. The van der Waals surface area contributed by atoms with E-state index in [1.165, 1.54) is 56.6 Å². The molecule has 0 aromatic carbocycles. The topological polar surface area (TPSA) is 42.8 Å². The number of piperidine rings is 1. The van der Waals surface area contributed by atoms with E-state index in [4.69, 9.17) is 14.6 Å². The summed E-state index contributed by atoms with van der Waals surface area (Å²) in [5, 5.41) is 4.71. The van der Waals surface area contributed by atoms with E-state index in [0.29, 0.717) is 6.10 Å². The molecular weight excluding hydrogens is 352 g/mol. The Balaban J connectivity index is 1.56. The SMILES string of the molecule is CCCn1cc(CN(CC2CCN(CCOC)CC2)CC2CCCO2)c(C)n1. The molecule has 1 aromatic heterocycles. The summed E-state index contributed by atoms with van der Waals surface area (Å²) >= 11 is 0. The van der Waals surface area contributed by atoms with Crippen molar-refractivity contribution in [1.29, 1.82) is 0 Å². The molecule has 0 radical (unpaired) electrons. The first-order chi connectivity index (χ1) is 13.7. The van der Waals surface area contributed by atoms with E-state index in [1.54, 1.807) is 7.11 Å². The van der Waals surface area contributed by atoms with Crippen molar-refractivity contribution in [2.24, 2.45) is 5.92 Å². The van der Waals surface area contributed by atoms with Gasteiger partial charge in [-0.05, 0) is 58.0 Å². The molecule has 1 atom stereocenters. The predicted octanol–water partition coefficient (Wildman–Crippen LogP) is 2.94. The number of aryl methyl sites for hydroxylation is 2. The molecule has 0 N–H and O–H groups in total. The maximum absolute atomic E-state index is 5.96. The van der Waals surface area contributed by atoms with E-state index in [2.05, 4.69) is 34.5 Å². The third kappa shape index (κ3) is 6.55. The fraction of sp³-hybridized carbons (Fsp3) is 0.864. The molecule has 2 fully saturated rings. The summed E-state index contributed by atoms with van der Waals surface area (Å²) in [4.78, 5) is 5.19. The van der Waals surface area contributed by atoms with Crippen molar-refractivity contribution in [3.8, 4) is 0 Å². The van der Waals surface area contributed by atoms with Crippen LogP contribution in [0.15, 0.2) is 6.20 Å². The summed E-state index contributed by atoms with van der Waals surface area (Å²) in [6.45, 7) is 13.9. The Morgan fingerprint density at radius 3 is 2.71 bits per heavy atom. The fourth-order valence-corrected chi connectivity index (χ4v) is 4.56. The third-order valence-corrected chi connectivity index (χ3v) is 6.22. The molecule has 0 bridgehead atoms. The van der Waals surface area contributed by atoms with Gasteiger partial charge in [-0.3, -0.25) is 9.58 Å². The summed E-state index contributed by atoms with van der Waals surface area (Å²) in [7, 11) is 1.79. The molecule has 0 saturated carbocycles. The summed E-state index contributed by atoms with van der Waals surface area (Å²) in [6, 6.07) is 0. The number of ether oxygens (including phenoxy) is 2. The lowest BCUT2D eigenvalue weighted by molar-refractivity contribution is 0.0551. The van der Waals surface area contributed by atoms with Gasteiger partial charge < -0.3 is 14.4 Å². The zero-order valence-electron chi connectivity index (χ0n) is 18.2. The number of methoxy groups -OCH3 is 1. The van der Waals surface area contributed by atoms with Gasteiger partial charge in [0.05, 0.1) is 18.4 Å². The Morgan fingerprint density at radius 1 is 1.21 bits per heavy atom. The normalized spacial score (nSPS) is 21.8. The van der Waals surface area contributed by atoms with Gasteiger partial charge in [-0.1, -0.05) is 6.92 Å². The van der Waals surface area contributed by atoms with Crippen LogP contribution in [0.4, 0.5) is 0 Å². The van der Waals surface area contributed by atoms with E-state index in [-0.39, 0.29) is 0 Å². The zero-order valence-corrected chi connectivity index (χ0v) is 18.2. The second-order valence-electron chi connectivity index (χ2n) is 8.61. The minimum Gasteiger partial charge on any atom is -0.383 e. The summed E-state index contributed by atoms with van der Waals surface area (Å²) in [5.41, 5.74) is 2.56. The van der Waals surface area contributed by atoms with E-state index in [0.717, 1.165) is 51.7 Å². The Morgan fingerprint density at radius 2 is 2.04 bits per heavy atom. The van der Waals surface area contributed by atoms with Gasteiger partial charge in [-0.15, -0.1) is 0 Å². The molecule has 160 valence electrons. The standard InChI is InChI=1S/C22H40N4O2/c1-4-9-26-17-21(19(2)23-26)16-25(18-22-6-5-13-28-22)15-20-7-10-24(11-8-20)12-14-27-3/h17,20,22H,4-16,18H2,1-3H3. The molecule has 1 unspecified atom stereocenters. The highest BCUT2D eigenvalue weighted by Gasteiger charge is 2.25. The van der Waals surface area contributed by atoms with Gasteiger partial charge in [0.15, 0.2) is 0 Å². The quantitative estimate of drug-likeness (QED) is 0.579. The Bertz CT molecular complexity index is 563. The van der Waals surface area contributed by atoms with Crippen molar-refractivity contribution in [2.75, 3.05) is 53.0 Å². The molecule has 0 aliphatic carbocycles. The average molecular weight is 393 g/mol. The van der Waals surface area contributed by atoms with Crippen molar-refractivity contribution >= 4 is 0 Å². The van der Waals surface area contributed by atoms with Gasteiger partial charge >= 0.3 is 0 Å². The van der Waals surface area contributed by atoms with Crippen LogP contribution >= 0.6 is 0 Å². The fourth-order valence-electron chi connectivity index (χ4n) is 4.56. The van der Waals surface area contributed by atoms with Crippen LogP contribution in [-0.2, 0) is 22.6 Å². The van der Waals surface area contributed by atoms with Crippen LogP contribution in [0.2, 0.25) is 0 Å². The molecule has 3 rings (SSSR count). The molecule has 2 saturated heterocycles. The first-order valence-corrected chi connectivity index (χ1v) is 11.3. The molecule has 2 aliphatic heterocycles. The molecule has 1 aromatic rings. The second-order valence-corrected chi connectivity index (χ2v) is 8.61. The van der Waals surface area contributed by atoms with Crippen LogP contribution in [0.5, 0.6) is 0 Å². The molecule has 6 heteroatoms. The van der Waals surface area contributed by atoms with E-state index >= 15 is 0 Å². The maximum atomic E-state index is 5.96. The lowest BCUT2D eigenvalue weighted by Crippen LogP contribution is -2.41. The first-order valence-electron chi connectivity index (χ1n) is 11.3. The van der Waals surface area contributed by atoms with Crippen LogP contribution in [0.3, 0.4) is 0 Å². The van der Waals surface area contributed by atoms with Crippen LogP contribution < -0.4 is 0 Å². The van der Waals surface area contributed by atoms with Crippen LogP contribution in [-0.4, -0.2) is 78.7 Å². The lowest BCUT2D eigenvalue weighted by Gasteiger charge is -2.35.